The average Bonchev–Trinajstić information content (AvgIpc) is 2.49. The third kappa shape index (κ3) is 3.87. The molecule has 1 aromatic carbocycles. The second-order valence-corrected chi connectivity index (χ2v) is 7.60. The van der Waals surface area contributed by atoms with E-state index >= 15 is 0 Å². The molecule has 0 aromatic heterocycles. The first-order chi connectivity index (χ1) is 9.13. The molecule has 5 heteroatoms. The summed E-state index contributed by atoms with van der Waals surface area (Å²) in [6.07, 6.45) is 0.888. The van der Waals surface area contributed by atoms with Crippen molar-refractivity contribution in [3.8, 4) is 0 Å². The molecule has 0 amide bonds. The van der Waals surface area contributed by atoms with E-state index in [-0.39, 0.29) is 11.7 Å². The van der Waals surface area contributed by atoms with Gasteiger partial charge in [-0.25, -0.2) is 0 Å². The molecule has 0 saturated carbocycles. The molecular formula is C14H25NO3Si. The van der Waals surface area contributed by atoms with Gasteiger partial charge in [0.05, 0.1) is 5.67 Å². The highest BCUT2D eigenvalue weighted by atomic mass is 28.4. The Morgan fingerprint density at radius 1 is 1.05 bits per heavy atom. The van der Waals surface area contributed by atoms with E-state index in [1.807, 2.05) is 18.2 Å². The number of nitrogens with one attached hydrogen (secondary N) is 1. The molecular weight excluding hydrogens is 258 g/mol. The van der Waals surface area contributed by atoms with Crippen LogP contribution in [0.1, 0.15) is 31.9 Å². The number of hydrogen-bond acceptors (Lipinski definition) is 4. The molecule has 2 unspecified atom stereocenters. The fourth-order valence-electron chi connectivity index (χ4n) is 2.29. The van der Waals surface area contributed by atoms with Crippen molar-refractivity contribution in [2.24, 2.45) is 0 Å². The van der Waals surface area contributed by atoms with Crippen molar-refractivity contribution in [2.45, 2.75) is 32.0 Å². The lowest BCUT2D eigenvalue weighted by Crippen LogP contribution is -2.60. The Kier molecular flexibility index (Phi) is 6.68. The van der Waals surface area contributed by atoms with E-state index in [0.29, 0.717) is 0 Å². The van der Waals surface area contributed by atoms with Crippen LogP contribution in [0.3, 0.4) is 0 Å². The summed E-state index contributed by atoms with van der Waals surface area (Å²) in [6, 6.07) is 10.6. The van der Waals surface area contributed by atoms with E-state index in [1.54, 1.807) is 21.3 Å². The minimum atomic E-state index is -2.65. The molecule has 0 heterocycles. The maximum Gasteiger partial charge on any atom is 0.518 e. The van der Waals surface area contributed by atoms with Gasteiger partial charge in [0.15, 0.2) is 0 Å². The summed E-state index contributed by atoms with van der Waals surface area (Å²) in [5, 5.41) is 3.56. The van der Waals surface area contributed by atoms with Gasteiger partial charge in [-0.1, -0.05) is 37.3 Å². The lowest BCUT2D eigenvalue weighted by Gasteiger charge is -2.34. The van der Waals surface area contributed by atoms with Crippen LogP contribution in [0.25, 0.3) is 0 Å². The Labute approximate surface area is 117 Å². The van der Waals surface area contributed by atoms with Crippen molar-refractivity contribution in [3.05, 3.63) is 35.9 Å². The lowest BCUT2D eigenvalue weighted by atomic mass is 10.1. The molecule has 0 spiro atoms. The van der Waals surface area contributed by atoms with Crippen LogP contribution in [-0.4, -0.2) is 35.8 Å². The summed E-state index contributed by atoms with van der Waals surface area (Å²) in [7, 11) is 2.30. The molecule has 2 atom stereocenters. The van der Waals surface area contributed by atoms with Gasteiger partial charge in [-0.2, -0.15) is 0 Å². The van der Waals surface area contributed by atoms with E-state index in [1.165, 1.54) is 5.56 Å². The normalized spacial score (nSPS) is 15.2. The maximum absolute atomic E-state index is 5.56. The first-order valence-electron chi connectivity index (χ1n) is 6.60. The van der Waals surface area contributed by atoms with Crippen LogP contribution in [0.2, 0.25) is 0 Å². The molecule has 0 radical (unpaired) electrons. The molecule has 0 aliphatic carbocycles. The van der Waals surface area contributed by atoms with Crippen LogP contribution in [0, 0.1) is 0 Å². The third-order valence-electron chi connectivity index (χ3n) is 3.44. The number of hydrogen-bond donors (Lipinski definition) is 1. The second kappa shape index (κ2) is 7.77. The van der Waals surface area contributed by atoms with Gasteiger partial charge in [-0.15, -0.1) is 0 Å². The molecule has 1 N–H and O–H groups in total. The summed E-state index contributed by atoms with van der Waals surface area (Å²) >= 11 is 0. The minimum Gasteiger partial charge on any atom is -0.376 e. The van der Waals surface area contributed by atoms with Crippen LogP contribution in [-0.2, 0) is 13.3 Å². The van der Waals surface area contributed by atoms with Gasteiger partial charge in [-0.3, -0.25) is 0 Å². The Hall–Kier alpha value is -0.723. The monoisotopic (exact) mass is 283 g/mol. The highest BCUT2D eigenvalue weighted by molar-refractivity contribution is 6.62. The Bertz CT molecular complexity index is 349. The van der Waals surface area contributed by atoms with E-state index < -0.39 is 8.80 Å². The zero-order valence-electron chi connectivity index (χ0n) is 12.5. The molecule has 0 aliphatic heterocycles. The summed E-state index contributed by atoms with van der Waals surface area (Å²) in [5.41, 5.74) is 1.31. The number of benzene rings is 1. The quantitative estimate of drug-likeness (QED) is 0.744. The fourth-order valence-corrected chi connectivity index (χ4v) is 4.59. The van der Waals surface area contributed by atoms with Crippen molar-refractivity contribution >= 4 is 8.80 Å². The maximum atomic E-state index is 5.56. The largest absolute Gasteiger partial charge is 0.518 e. The van der Waals surface area contributed by atoms with E-state index in [9.17, 15) is 0 Å². The fraction of sp³-hybridized carbons (Fsp3) is 0.571. The van der Waals surface area contributed by atoms with Gasteiger partial charge >= 0.3 is 8.80 Å². The zero-order chi connectivity index (χ0) is 14.3. The van der Waals surface area contributed by atoms with Crippen LogP contribution < -0.4 is 5.32 Å². The molecule has 0 aliphatic rings. The Morgan fingerprint density at radius 3 is 2.00 bits per heavy atom. The first-order valence-corrected chi connectivity index (χ1v) is 8.40. The predicted octanol–water partition coefficient (Wildman–Crippen LogP) is 2.53. The molecule has 1 rings (SSSR count). The van der Waals surface area contributed by atoms with Crippen molar-refractivity contribution in [1.29, 1.82) is 0 Å². The molecule has 4 nitrogen and oxygen atoms in total. The second-order valence-electron chi connectivity index (χ2n) is 4.48. The molecule has 0 saturated heterocycles. The summed E-state index contributed by atoms with van der Waals surface area (Å²) in [6.45, 7) is 4.24. The summed E-state index contributed by atoms with van der Waals surface area (Å²) < 4.78 is 16.7. The standard InChI is InChI=1S/C14H25NO3Si/c1-6-14(19(16-3,17-4)18-5)15-12(2)13-10-8-7-9-11-13/h7-12,14-15H,6H2,1-5H3. The van der Waals surface area contributed by atoms with Crippen LogP contribution in [0.4, 0.5) is 0 Å². The van der Waals surface area contributed by atoms with Crippen molar-refractivity contribution in [2.75, 3.05) is 21.3 Å². The summed E-state index contributed by atoms with van der Waals surface area (Å²) in [5.74, 6) is 0. The summed E-state index contributed by atoms with van der Waals surface area (Å²) in [4.78, 5) is 0. The van der Waals surface area contributed by atoms with Gasteiger partial charge in [0.2, 0.25) is 0 Å². The van der Waals surface area contributed by atoms with Gasteiger partial charge < -0.3 is 18.6 Å². The third-order valence-corrected chi connectivity index (χ3v) is 6.57. The van der Waals surface area contributed by atoms with Gasteiger partial charge in [0.25, 0.3) is 0 Å². The Morgan fingerprint density at radius 2 is 1.58 bits per heavy atom. The molecule has 108 valence electrons. The van der Waals surface area contributed by atoms with Crippen LogP contribution in [0.15, 0.2) is 30.3 Å². The van der Waals surface area contributed by atoms with Gasteiger partial charge in [-0.05, 0) is 18.9 Å². The first kappa shape index (κ1) is 16.3. The highest BCUT2D eigenvalue weighted by Crippen LogP contribution is 2.19. The zero-order valence-corrected chi connectivity index (χ0v) is 13.5. The molecule has 0 fully saturated rings. The van der Waals surface area contributed by atoms with Crippen molar-refractivity contribution < 1.29 is 13.3 Å². The van der Waals surface area contributed by atoms with Gasteiger partial charge in [0.1, 0.15) is 0 Å². The van der Waals surface area contributed by atoms with E-state index in [4.69, 9.17) is 13.3 Å². The van der Waals surface area contributed by atoms with Crippen molar-refractivity contribution in [1.82, 2.24) is 5.32 Å². The number of rotatable bonds is 8. The topological polar surface area (TPSA) is 39.7 Å². The van der Waals surface area contributed by atoms with E-state index in [2.05, 4.69) is 31.3 Å². The van der Waals surface area contributed by atoms with Crippen molar-refractivity contribution in [3.63, 3.8) is 0 Å². The molecule has 1 aromatic rings. The van der Waals surface area contributed by atoms with Gasteiger partial charge in [0, 0.05) is 27.4 Å². The Balaban J connectivity index is 2.81. The minimum absolute atomic E-state index is 0.0720. The smallest absolute Gasteiger partial charge is 0.376 e. The average molecular weight is 283 g/mol. The van der Waals surface area contributed by atoms with Crippen LogP contribution in [0.5, 0.6) is 0 Å². The van der Waals surface area contributed by atoms with E-state index in [0.717, 1.165) is 6.42 Å². The highest BCUT2D eigenvalue weighted by Gasteiger charge is 2.46. The molecule has 0 bridgehead atoms. The lowest BCUT2D eigenvalue weighted by molar-refractivity contribution is 0.104. The molecule has 19 heavy (non-hydrogen) atoms. The van der Waals surface area contributed by atoms with Crippen LogP contribution >= 0.6 is 0 Å². The predicted molar refractivity (Wildman–Crippen MR) is 78.9 cm³/mol. The SMILES string of the molecule is CCC(NC(C)c1ccccc1)[Si](OC)(OC)OC.